The molecule has 36 heavy (non-hydrogen) atoms. The van der Waals surface area contributed by atoms with Gasteiger partial charge in [0.2, 0.25) is 5.78 Å². The Kier molecular flexibility index (Phi) is 7.20. The van der Waals surface area contributed by atoms with Gasteiger partial charge in [-0.1, -0.05) is 0 Å². The van der Waals surface area contributed by atoms with E-state index in [1.54, 1.807) is 20.0 Å². The number of pyridine rings is 1. The molecule has 3 N–H and O–H groups in total. The van der Waals surface area contributed by atoms with Gasteiger partial charge >= 0.3 is 0 Å². The van der Waals surface area contributed by atoms with Crippen molar-refractivity contribution in [3.8, 4) is 0 Å². The maximum atomic E-state index is 15.3. The minimum atomic E-state index is -1.18. The van der Waals surface area contributed by atoms with Gasteiger partial charge in [-0.2, -0.15) is 0 Å². The fourth-order valence-corrected chi connectivity index (χ4v) is 4.26. The standard InChI is InChI=1S/C25H19F4N5OS/c1-12(30)7-20(31-2)13-8-15-16(11-33-25(15)32-10-13)24(35)22-18(28)5-6-19(23(22)29)34-36-21-9-14(26)3-4-17(21)27/h3-6,8-11,30,34H,7H2,1-2H3,(H,32,33). The van der Waals surface area contributed by atoms with E-state index in [1.165, 1.54) is 12.4 Å². The molecule has 0 amide bonds. The number of anilines is 1. The van der Waals surface area contributed by atoms with Crippen LogP contribution in [0, 0.1) is 28.7 Å². The minimum Gasteiger partial charge on any atom is -0.345 e. The van der Waals surface area contributed by atoms with Crippen molar-refractivity contribution in [3.05, 3.63) is 88.8 Å². The molecule has 2 heterocycles. The third-order valence-corrected chi connectivity index (χ3v) is 6.15. The highest BCUT2D eigenvalue weighted by Crippen LogP contribution is 2.31. The second-order valence-corrected chi connectivity index (χ2v) is 8.69. The van der Waals surface area contributed by atoms with E-state index in [0.29, 0.717) is 40.0 Å². The first-order valence-corrected chi connectivity index (χ1v) is 11.4. The predicted molar refractivity (Wildman–Crippen MR) is 132 cm³/mol. The van der Waals surface area contributed by atoms with Crippen LogP contribution in [0.5, 0.6) is 0 Å². The Morgan fingerprint density at radius 2 is 1.89 bits per heavy atom. The predicted octanol–water partition coefficient (Wildman–Crippen LogP) is 6.32. The Morgan fingerprint density at radius 3 is 2.61 bits per heavy atom. The van der Waals surface area contributed by atoms with Gasteiger partial charge in [0, 0.05) is 53.8 Å². The van der Waals surface area contributed by atoms with Crippen molar-refractivity contribution >= 4 is 45.9 Å². The average molecular weight is 514 g/mol. The summed E-state index contributed by atoms with van der Waals surface area (Å²) in [6.07, 6.45) is 3.12. The molecule has 6 nitrogen and oxygen atoms in total. The van der Waals surface area contributed by atoms with Gasteiger partial charge in [-0.05, 0) is 55.3 Å². The number of fused-ring (bicyclic) bond motifs is 1. The summed E-state index contributed by atoms with van der Waals surface area (Å²) in [5.74, 6) is -4.62. The molecule has 4 rings (SSSR count). The zero-order valence-corrected chi connectivity index (χ0v) is 19.9. The highest BCUT2D eigenvalue weighted by molar-refractivity contribution is 8.00. The molecule has 2 aromatic heterocycles. The SMILES string of the molecule is CN=C(CC(C)=N)c1cnc2[nH]cc(C(=O)c3c(F)ccc(NSc4cc(F)ccc4F)c3F)c2c1. The van der Waals surface area contributed by atoms with Gasteiger partial charge < -0.3 is 15.1 Å². The van der Waals surface area contributed by atoms with Crippen LogP contribution in [0.3, 0.4) is 0 Å². The van der Waals surface area contributed by atoms with Crippen LogP contribution in [0.15, 0.2) is 58.7 Å². The molecule has 0 fully saturated rings. The van der Waals surface area contributed by atoms with Crippen LogP contribution in [-0.2, 0) is 0 Å². The lowest BCUT2D eigenvalue weighted by Crippen LogP contribution is -2.10. The van der Waals surface area contributed by atoms with Crippen LogP contribution in [0.25, 0.3) is 11.0 Å². The third-order valence-electron chi connectivity index (χ3n) is 5.29. The first-order valence-electron chi connectivity index (χ1n) is 10.6. The quantitative estimate of drug-likeness (QED) is 0.111. The fraction of sp³-hybridized carbons (Fsp3) is 0.120. The summed E-state index contributed by atoms with van der Waals surface area (Å²) < 4.78 is 59.8. The molecule has 0 aliphatic rings. The topological polar surface area (TPSA) is 94.0 Å². The van der Waals surface area contributed by atoms with Crippen LogP contribution in [0.1, 0.15) is 34.8 Å². The van der Waals surface area contributed by atoms with E-state index >= 15 is 4.39 Å². The first kappa shape index (κ1) is 25.1. The van der Waals surface area contributed by atoms with Crippen LogP contribution in [-0.4, -0.2) is 34.2 Å². The molecule has 0 atom stereocenters. The molecule has 2 aromatic carbocycles. The Balaban J connectivity index is 1.70. The molecule has 0 unspecified atom stereocenters. The van der Waals surface area contributed by atoms with Crippen LogP contribution in [0.2, 0.25) is 0 Å². The van der Waals surface area contributed by atoms with Crippen molar-refractivity contribution in [2.24, 2.45) is 4.99 Å². The molecule has 0 saturated carbocycles. The van der Waals surface area contributed by atoms with E-state index in [2.05, 4.69) is 19.7 Å². The van der Waals surface area contributed by atoms with Gasteiger partial charge in [-0.3, -0.25) is 9.79 Å². The molecule has 4 aromatic rings. The van der Waals surface area contributed by atoms with Gasteiger partial charge in [0.05, 0.1) is 16.1 Å². The molecular formula is C25H19F4N5OS. The Morgan fingerprint density at radius 1 is 1.14 bits per heavy atom. The Hall–Kier alpha value is -3.99. The van der Waals surface area contributed by atoms with Crippen molar-refractivity contribution in [2.75, 3.05) is 11.8 Å². The summed E-state index contributed by atoms with van der Waals surface area (Å²) in [5.41, 5.74) is 0.735. The number of hydrogen-bond donors (Lipinski definition) is 3. The number of ketones is 1. The highest BCUT2D eigenvalue weighted by Gasteiger charge is 2.25. The number of carbonyl (C=O) groups is 1. The number of nitrogens with one attached hydrogen (secondary N) is 3. The summed E-state index contributed by atoms with van der Waals surface area (Å²) in [6.45, 7) is 1.63. The zero-order chi connectivity index (χ0) is 26.0. The summed E-state index contributed by atoms with van der Waals surface area (Å²) >= 11 is 0.582. The van der Waals surface area contributed by atoms with Crippen molar-refractivity contribution < 1.29 is 22.4 Å². The number of aromatic nitrogens is 2. The number of halogens is 4. The number of aliphatic imine (C=N–C) groups is 1. The number of hydrogen-bond acceptors (Lipinski definition) is 6. The van der Waals surface area contributed by atoms with Gasteiger partial charge in [0.15, 0.2) is 5.82 Å². The van der Waals surface area contributed by atoms with E-state index in [-0.39, 0.29) is 22.6 Å². The molecule has 0 aliphatic heterocycles. The van der Waals surface area contributed by atoms with Gasteiger partial charge in [-0.25, -0.2) is 22.5 Å². The van der Waals surface area contributed by atoms with Gasteiger partial charge in [0.1, 0.15) is 23.1 Å². The zero-order valence-electron chi connectivity index (χ0n) is 19.0. The van der Waals surface area contributed by atoms with E-state index in [9.17, 15) is 18.0 Å². The molecule has 0 radical (unpaired) electrons. The normalized spacial score (nSPS) is 11.7. The molecule has 0 aliphatic carbocycles. The van der Waals surface area contributed by atoms with Crippen LogP contribution < -0.4 is 4.72 Å². The number of benzene rings is 2. The van der Waals surface area contributed by atoms with E-state index in [4.69, 9.17) is 5.41 Å². The highest BCUT2D eigenvalue weighted by atomic mass is 32.2. The summed E-state index contributed by atoms with van der Waals surface area (Å²) in [5, 5.41) is 8.05. The number of aromatic amines is 1. The maximum absolute atomic E-state index is 15.3. The molecule has 0 bridgehead atoms. The van der Waals surface area contributed by atoms with E-state index < -0.39 is 34.6 Å². The fourth-order valence-electron chi connectivity index (χ4n) is 3.55. The third kappa shape index (κ3) is 5.01. The van der Waals surface area contributed by atoms with Crippen molar-refractivity contribution in [3.63, 3.8) is 0 Å². The monoisotopic (exact) mass is 513 g/mol. The van der Waals surface area contributed by atoms with Crippen molar-refractivity contribution in [2.45, 2.75) is 18.2 Å². The van der Waals surface area contributed by atoms with Gasteiger partial charge in [-0.15, -0.1) is 0 Å². The number of rotatable bonds is 8. The van der Waals surface area contributed by atoms with Gasteiger partial charge in [0.25, 0.3) is 0 Å². The summed E-state index contributed by atoms with van der Waals surface area (Å²) in [7, 11) is 1.57. The second kappa shape index (κ2) is 10.3. The molecule has 11 heteroatoms. The lowest BCUT2D eigenvalue weighted by atomic mass is 9.99. The van der Waals surface area contributed by atoms with Crippen molar-refractivity contribution in [1.82, 2.24) is 9.97 Å². The first-order chi connectivity index (χ1) is 17.2. The minimum absolute atomic E-state index is 0.0137. The van der Waals surface area contributed by atoms with Crippen LogP contribution >= 0.6 is 11.9 Å². The van der Waals surface area contributed by atoms with Crippen LogP contribution in [0.4, 0.5) is 23.2 Å². The lowest BCUT2D eigenvalue weighted by Gasteiger charge is -2.11. The second-order valence-electron chi connectivity index (χ2n) is 7.84. The number of carbonyl (C=O) groups excluding carboxylic acids is 1. The molecular weight excluding hydrogens is 494 g/mol. The van der Waals surface area contributed by atoms with Crippen molar-refractivity contribution in [1.29, 1.82) is 5.41 Å². The smallest absolute Gasteiger partial charge is 0.201 e. The Labute approximate surface area is 207 Å². The lowest BCUT2D eigenvalue weighted by molar-refractivity contribution is 0.103. The number of H-pyrrole nitrogens is 1. The van der Waals surface area contributed by atoms with E-state index in [1.807, 2.05) is 0 Å². The maximum Gasteiger partial charge on any atom is 0.201 e. The average Bonchev–Trinajstić information content (AvgIpc) is 3.27. The molecule has 0 spiro atoms. The molecule has 0 saturated heterocycles. The number of nitrogens with zero attached hydrogens (tertiary/aromatic N) is 2. The Bertz CT molecular complexity index is 1530. The summed E-state index contributed by atoms with van der Waals surface area (Å²) in [4.78, 5) is 24.4. The summed E-state index contributed by atoms with van der Waals surface area (Å²) in [6, 6.07) is 6.38. The van der Waals surface area contributed by atoms with E-state index in [0.717, 1.165) is 30.3 Å². The largest absolute Gasteiger partial charge is 0.345 e. The molecule has 184 valence electrons.